The van der Waals surface area contributed by atoms with E-state index in [4.69, 9.17) is 6.42 Å². The van der Waals surface area contributed by atoms with Crippen molar-refractivity contribution in [2.45, 2.75) is 44.1 Å². The fourth-order valence-electron chi connectivity index (χ4n) is 1.99. The summed E-state index contributed by atoms with van der Waals surface area (Å²) < 4.78 is 0. The van der Waals surface area contributed by atoms with Crippen LogP contribution in [0.5, 0.6) is 0 Å². The van der Waals surface area contributed by atoms with Crippen LogP contribution in [0.1, 0.15) is 38.5 Å². The molecule has 1 fully saturated rings. The number of hydrogen-bond acceptors (Lipinski definition) is 2. The van der Waals surface area contributed by atoms with E-state index in [2.05, 4.69) is 11.2 Å². The lowest BCUT2D eigenvalue weighted by Crippen LogP contribution is -2.46. The topological polar surface area (TPSA) is 32.3 Å². The van der Waals surface area contributed by atoms with E-state index in [9.17, 15) is 5.11 Å². The molecular weight excluding hydrogens is 162 g/mol. The van der Waals surface area contributed by atoms with Crippen molar-refractivity contribution in [1.82, 2.24) is 5.32 Å². The Balaban J connectivity index is 2.20. The van der Waals surface area contributed by atoms with Gasteiger partial charge >= 0.3 is 0 Å². The maximum atomic E-state index is 9.27. The maximum absolute atomic E-state index is 9.27. The van der Waals surface area contributed by atoms with Crippen molar-refractivity contribution in [3.05, 3.63) is 0 Å². The molecule has 2 nitrogen and oxygen atoms in total. The smallest absolute Gasteiger partial charge is 0.0613 e. The maximum Gasteiger partial charge on any atom is 0.0613 e. The van der Waals surface area contributed by atoms with Gasteiger partial charge in [0, 0.05) is 12.0 Å². The molecule has 0 atom stereocenters. The number of nitrogens with one attached hydrogen (secondary N) is 1. The molecule has 0 bridgehead atoms. The molecule has 1 aliphatic rings. The lowest BCUT2D eigenvalue weighted by Gasteiger charge is -2.27. The fourth-order valence-corrected chi connectivity index (χ4v) is 1.99. The molecule has 0 unspecified atom stereocenters. The molecular formula is C11H19NO. The predicted octanol–water partition coefficient (Wildman–Crippen LogP) is 1.29. The Morgan fingerprint density at radius 1 is 1.38 bits per heavy atom. The summed E-state index contributed by atoms with van der Waals surface area (Å²) in [5.41, 5.74) is 0.0224. The van der Waals surface area contributed by atoms with Crippen molar-refractivity contribution < 1.29 is 5.11 Å². The van der Waals surface area contributed by atoms with Crippen molar-refractivity contribution in [1.29, 1.82) is 0 Å². The fraction of sp³-hybridized carbons (Fsp3) is 0.818. The normalized spacial score (nSPS) is 20.0. The molecule has 1 aliphatic carbocycles. The third-order valence-electron chi connectivity index (χ3n) is 2.86. The highest BCUT2D eigenvalue weighted by molar-refractivity contribution is 4.92. The summed E-state index contributed by atoms with van der Waals surface area (Å²) >= 11 is 0. The highest BCUT2D eigenvalue weighted by Crippen LogP contribution is 2.28. The molecule has 1 saturated carbocycles. The monoisotopic (exact) mass is 181 g/mol. The van der Waals surface area contributed by atoms with Crippen molar-refractivity contribution in [2.75, 3.05) is 13.2 Å². The molecule has 0 aromatic heterocycles. The first-order valence-corrected chi connectivity index (χ1v) is 5.12. The van der Waals surface area contributed by atoms with Gasteiger partial charge in [0.1, 0.15) is 0 Å². The standard InChI is InChI=1S/C11H19NO/c1-2-3-6-9-12-11(10-13)7-4-5-8-11/h1,12-13H,3-10H2. The highest BCUT2D eigenvalue weighted by atomic mass is 16.3. The number of rotatable bonds is 5. The molecule has 0 radical (unpaired) electrons. The molecule has 74 valence electrons. The Labute approximate surface area is 80.7 Å². The van der Waals surface area contributed by atoms with Crippen LogP contribution in [0.4, 0.5) is 0 Å². The summed E-state index contributed by atoms with van der Waals surface area (Å²) in [7, 11) is 0. The minimum absolute atomic E-state index is 0.0224. The van der Waals surface area contributed by atoms with Gasteiger partial charge in [-0.1, -0.05) is 12.8 Å². The second kappa shape index (κ2) is 5.26. The largest absolute Gasteiger partial charge is 0.394 e. The van der Waals surface area contributed by atoms with Gasteiger partial charge in [-0.15, -0.1) is 12.3 Å². The van der Waals surface area contributed by atoms with Gasteiger partial charge < -0.3 is 10.4 Å². The molecule has 0 aromatic rings. The van der Waals surface area contributed by atoms with E-state index in [1.54, 1.807) is 0 Å². The van der Waals surface area contributed by atoms with Crippen LogP contribution < -0.4 is 5.32 Å². The SMILES string of the molecule is C#CCCCNC1(CO)CCCC1. The van der Waals surface area contributed by atoms with Crippen molar-refractivity contribution in [3.8, 4) is 12.3 Å². The first kappa shape index (κ1) is 10.6. The predicted molar refractivity (Wildman–Crippen MR) is 54.4 cm³/mol. The Kier molecular flexibility index (Phi) is 4.27. The van der Waals surface area contributed by atoms with E-state index in [1.807, 2.05) is 0 Å². The molecule has 2 heteroatoms. The first-order chi connectivity index (χ1) is 6.33. The van der Waals surface area contributed by atoms with Crippen molar-refractivity contribution in [2.24, 2.45) is 0 Å². The van der Waals surface area contributed by atoms with Gasteiger partial charge in [0.15, 0.2) is 0 Å². The van der Waals surface area contributed by atoms with Gasteiger partial charge in [0.25, 0.3) is 0 Å². The molecule has 0 amide bonds. The number of unbranched alkanes of at least 4 members (excludes halogenated alkanes) is 1. The van der Waals surface area contributed by atoms with E-state index in [-0.39, 0.29) is 12.1 Å². The Morgan fingerprint density at radius 2 is 2.08 bits per heavy atom. The lowest BCUT2D eigenvalue weighted by molar-refractivity contribution is 0.164. The average Bonchev–Trinajstić information content (AvgIpc) is 2.62. The van der Waals surface area contributed by atoms with Crippen LogP contribution in [-0.4, -0.2) is 23.8 Å². The molecule has 1 rings (SSSR count). The summed E-state index contributed by atoms with van der Waals surface area (Å²) in [6.45, 7) is 1.20. The third-order valence-corrected chi connectivity index (χ3v) is 2.86. The van der Waals surface area contributed by atoms with Crippen LogP contribution in [-0.2, 0) is 0 Å². The molecule has 0 aromatic carbocycles. The van der Waals surface area contributed by atoms with E-state index in [1.165, 1.54) is 12.8 Å². The zero-order valence-electron chi connectivity index (χ0n) is 8.18. The average molecular weight is 181 g/mol. The number of terminal acetylenes is 1. The summed E-state index contributed by atoms with van der Waals surface area (Å²) in [5, 5.41) is 12.7. The van der Waals surface area contributed by atoms with Gasteiger partial charge in [-0.25, -0.2) is 0 Å². The minimum Gasteiger partial charge on any atom is -0.394 e. The summed E-state index contributed by atoms with van der Waals surface area (Å²) in [4.78, 5) is 0. The van der Waals surface area contributed by atoms with Crippen LogP contribution >= 0.6 is 0 Å². The molecule has 0 heterocycles. The van der Waals surface area contributed by atoms with E-state index in [0.717, 1.165) is 32.2 Å². The highest BCUT2D eigenvalue weighted by Gasteiger charge is 2.31. The van der Waals surface area contributed by atoms with Gasteiger partial charge in [-0.05, 0) is 25.8 Å². The number of hydrogen-bond donors (Lipinski definition) is 2. The van der Waals surface area contributed by atoms with Gasteiger partial charge in [0.05, 0.1) is 6.61 Å². The number of aliphatic hydroxyl groups is 1. The van der Waals surface area contributed by atoms with Crippen molar-refractivity contribution >= 4 is 0 Å². The lowest BCUT2D eigenvalue weighted by atomic mass is 9.99. The van der Waals surface area contributed by atoms with Gasteiger partial charge in [-0.2, -0.15) is 0 Å². The van der Waals surface area contributed by atoms with Crippen LogP contribution in [0.3, 0.4) is 0 Å². The van der Waals surface area contributed by atoms with E-state index in [0.29, 0.717) is 0 Å². The Hall–Kier alpha value is -0.520. The Bertz CT molecular complexity index is 177. The van der Waals surface area contributed by atoms with Gasteiger partial charge in [0.2, 0.25) is 0 Å². The summed E-state index contributed by atoms with van der Waals surface area (Å²) in [6.07, 6.45) is 11.7. The van der Waals surface area contributed by atoms with E-state index >= 15 is 0 Å². The molecule has 2 N–H and O–H groups in total. The quantitative estimate of drug-likeness (QED) is 0.495. The Morgan fingerprint density at radius 3 is 2.62 bits per heavy atom. The second-order valence-corrected chi connectivity index (χ2v) is 3.88. The van der Waals surface area contributed by atoms with Crippen molar-refractivity contribution in [3.63, 3.8) is 0 Å². The number of aliphatic hydroxyl groups excluding tert-OH is 1. The molecule has 0 aliphatic heterocycles. The second-order valence-electron chi connectivity index (χ2n) is 3.88. The van der Waals surface area contributed by atoms with Crippen LogP contribution in [0.15, 0.2) is 0 Å². The van der Waals surface area contributed by atoms with Crippen LogP contribution in [0, 0.1) is 12.3 Å². The molecule has 0 saturated heterocycles. The first-order valence-electron chi connectivity index (χ1n) is 5.12. The summed E-state index contributed by atoms with van der Waals surface area (Å²) in [6, 6.07) is 0. The van der Waals surface area contributed by atoms with Crippen LogP contribution in [0.2, 0.25) is 0 Å². The van der Waals surface area contributed by atoms with Crippen LogP contribution in [0.25, 0.3) is 0 Å². The van der Waals surface area contributed by atoms with Gasteiger partial charge in [-0.3, -0.25) is 0 Å². The van der Waals surface area contributed by atoms with E-state index < -0.39 is 0 Å². The molecule has 13 heavy (non-hydrogen) atoms. The third kappa shape index (κ3) is 3.02. The zero-order chi connectivity index (χ0) is 9.57. The zero-order valence-corrected chi connectivity index (χ0v) is 8.18. The molecule has 0 spiro atoms. The summed E-state index contributed by atoms with van der Waals surface area (Å²) in [5.74, 6) is 2.62. The minimum atomic E-state index is 0.0224.